The normalized spacial score (nSPS) is 15.7. The van der Waals surface area contributed by atoms with Crippen LogP contribution >= 0.6 is 0 Å². The van der Waals surface area contributed by atoms with E-state index in [9.17, 15) is 5.11 Å². The van der Waals surface area contributed by atoms with Crippen molar-refractivity contribution in [3.8, 4) is 17.6 Å². The van der Waals surface area contributed by atoms with Crippen LogP contribution in [-0.2, 0) is 0 Å². The molecule has 1 aliphatic rings. The van der Waals surface area contributed by atoms with Gasteiger partial charge in [-0.1, -0.05) is 30.3 Å². The van der Waals surface area contributed by atoms with Crippen molar-refractivity contribution in [2.24, 2.45) is 0 Å². The molecular formula is C15H10N4O2. The van der Waals surface area contributed by atoms with Crippen molar-refractivity contribution in [2.75, 3.05) is 0 Å². The zero-order valence-corrected chi connectivity index (χ0v) is 10.8. The highest BCUT2D eigenvalue weighted by molar-refractivity contribution is 5.56. The maximum absolute atomic E-state index is 10.1. The summed E-state index contributed by atoms with van der Waals surface area (Å²) in [4.78, 5) is 16.2. The van der Waals surface area contributed by atoms with E-state index in [-0.39, 0.29) is 11.8 Å². The highest BCUT2D eigenvalue weighted by atomic mass is 16.5. The van der Waals surface area contributed by atoms with Gasteiger partial charge in [-0.05, 0) is 5.56 Å². The molecule has 4 rings (SSSR count). The van der Waals surface area contributed by atoms with Crippen LogP contribution in [0.1, 0.15) is 22.6 Å². The summed E-state index contributed by atoms with van der Waals surface area (Å²) >= 11 is 0. The molecule has 0 saturated heterocycles. The monoisotopic (exact) mass is 278 g/mol. The Kier molecular flexibility index (Phi) is 2.53. The summed E-state index contributed by atoms with van der Waals surface area (Å²) in [7, 11) is 0. The van der Waals surface area contributed by atoms with Gasteiger partial charge in [0.2, 0.25) is 17.6 Å². The number of ether oxygens (including phenoxy) is 1. The summed E-state index contributed by atoms with van der Waals surface area (Å²) < 4.78 is 5.65. The molecule has 0 saturated carbocycles. The molecule has 3 heterocycles. The Bertz CT molecular complexity index is 808. The third-order valence-electron chi connectivity index (χ3n) is 3.45. The lowest BCUT2D eigenvalue weighted by Gasteiger charge is -2.26. The number of hydrogen-bond acceptors (Lipinski definition) is 6. The zero-order valence-electron chi connectivity index (χ0n) is 10.8. The van der Waals surface area contributed by atoms with Crippen LogP contribution in [0.15, 0.2) is 49.2 Å². The van der Waals surface area contributed by atoms with Crippen LogP contribution in [0.5, 0.6) is 17.6 Å². The number of nitrogens with zero attached hydrogens (tertiary/aromatic N) is 4. The van der Waals surface area contributed by atoms with Gasteiger partial charge in [0.25, 0.3) is 0 Å². The van der Waals surface area contributed by atoms with Crippen molar-refractivity contribution in [2.45, 2.75) is 5.92 Å². The highest BCUT2D eigenvalue weighted by Crippen LogP contribution is 2.47. The van der Waals surface area contributed by atoms with Crippen molar-refractivity contribution in [3.63, 3.8) is 0 Å². The van der Waals surface area contributed by atoms with Crippen molar-refractivity contribution < 1.29 is 9.84 Å². The highest BCUT2D eigenvalue weighted by Gasteiger charge is 2.33. The second-order valence-corrected chi connectivity index (χ2v) is 4.65. The first-order chi connectivity index (χ1) is 10.3. The van der Waals surface area contributed by atoms with Gasteiger partial charge in [-0.15, -0.1) is 0 Å². The molecule has 3 aromatic rings. The van der Waals surface area contributed by atoms with E-state index in [0.29, 0.717) is 17.3 Å². The molecule has 1 atom stereocenters. The summed E-state index contributed by atoms with van der Waals surface area (Å²) in [5, 5.41) is 10.1. The summed E-state index contributed by atoms with van der Waals surface area (Å²) in [6.45, 7) is 0. The number of benzene rings is 1. The molecule has 0 aliphatic carbocycles. The van der Waals surface area contributed by atoms with Crippen LogP contribution in [0.25, 0.3) is 0 Å². The average Bonchev–Trinajstić information content (AvgIpc) is 2.54. The smallest absolute Gasteiger partial charge is 0.232 e. The first-order valence-corrected chi connectivity index (χ1v) is 6.41. The maximum atomic E-state index is 10.1. The molecule has 1 N–H and O–H groups in total. The van der Waals surface area contributed by atoms with Gasteiger partial charge in [0.1, 0.15) is 12.7 Å². The first kappa shape index (κ1) is 11.8. The SMILES string of the molecule is Oc1ncnc2c1C(c1ccccc1)c1cncnc1O2. The second kappa shape index (κ2) is 4.52. The van der Waals surface area contributed by atoms with E-state index < -0.39 is 0 Å². The van der Waals surface area contributed by atoms with Crippen LogP contribution in [0.3, 0.4) is 0 Å². The van der Waals surface area contributed by atoms with Crippen molar-refractivity contribution in [3.05, 3.63) is 65.9 Å². The number of aromatic hydroxyl groups is 1. The zero-order chi connectivity index (χ0) is 14.2. The summed E-state index contributed by atoms with van der Waals surface area (Å²) in [6.07, 6.45) is 4.38. The minimum atomic E-state index is -0.257. The van der Waals surface area contributed by atoms with E-state index in [1.54, 1.807) is 6.20 Å². The van der Waals surface area contributed by atoms with Gasteiger partial charge in [-0.3, -0.25) is 0 Å². The van der Waals surface area contributed by atoms with Gasteiger partial charge in [0.15, 0.2) is 0 Å². The molecule has 1 unspecified atom stereocenters. The predicted molar refractivity (Wildman–Crippen MR) is 73.2 cm³/mol. The molecule has 2 aromatic heterocycles. The lowest BCUT2D eigenvalue weighted by atomic mass is 9.86. The molecule has 21 heavy (non-hydrogen) atoms. The van der Waals surface area contributed by atoms with Gasteiger partial charge < -0.3 is 9.84 Å². The Morgan fingerprint density at radius 3 is 2.62 bits per heavy atom. The molecule has 0 fully saturated rings. The number of fused-ring (bicyclic) bond motifs is 2. The summed E-state index contributed by atoms with van der Waals surface area (Å²) in [6, 6.07) is 9.77. The number of hydrogen-bond donors (Lipinski definition) is 1. The van der Waals surface area contributed by atoms with Crippen LogP contribution in [-0.4, -0.2) is 25.0 Å². The lowest BCUT2D eigenvalue weighted by molar-refractivity contribution is 0.387. The Balaban J connectivity index is 2.01. The van der Waals surface area contributed by atoms with Crippen LogP contribution in [0, 0.1) is 0 Å². The van der Waals surface area contributed by atoms with Crippen molar-refractivity contribution in [1.82, 2.24) is 19.9 Å². The Morgan fingerprint density at radius 1 is 0.952 bits per heavy atom. The lowest BCUT2D eigenvalue weighted by Crippen LogP contribution is -2.14. The van der Waals surface area contributed by atoms with Gasteiger partial charge >= 0.3 is 0 Å². The fourth-order valence-corrected chi connectivity index (χ4v) is 2.56. The van der Waals surface area contributed by atoms with E-state index in [0.717, 1.165) is 11.1 Å². The van der Waals surface area contributed by atoms with Gasteiger partial charge in [0, 0.05) is 11.8 Å². The quantitative estimate of drug-likeness (QED) is 0.575. The second-order valence-electron chi connectivity index (χ2n) is 4.65. The molecule has 0 bridgehead atoms. The maximum Gasteiger partial charge on any atom is 0.232 e. The van der Waals surface area contributed by atoms with E-state index >= 15 is 0 Å². The molecule has 0 spiro atoms. The standard InChI is InChI=1S/C15H10N4O2/c20-13-12-11(9-4-2-1-3-5-9)10-6-16-7-18-14(10)21-15(12)19-8-17-13/h1-8,11H,(H,17,19,20). The van der Waals surface area contributed by atoms with Crippen LogP contribution in [0.4, 0.5) is 0 Å². The van der Waals surface area contributed by atoms with E-state index in [2.05, 4.69) is 19.9 Å². The van der Waals surface area contributed by atoms with Crippen molar-refractivity contribution in [1.29, 1.82) is 0 Å². The fraction of sp³-hybridized carbons (Fsp3) is 0.0667. The molecule has 1 aromatic carbocycles. The number of rotatable bonds is 1. The van der Waals surface area contributed by atoms with Gasteiger partial charge in [0.05, 0.1) is 11.5 Å². The molecule has 6 nitrogen and oxygen atoms in total. The minimum Gasteiger partial charge on any atom is -0.493 e. The minimum absolute atomic E-state index is 0.0941. The van der Waals surface area contributed by atoms with Crippen LogP contribution < -0.4 is 4.74 Å². The molecule has 102 valence electrons. The molecule has 0 amide bonds. The summed E-state index contributed by atoms with van der Waals surface area (Å²) in [5.74, 6) is 0.419. The Hall–Kier alpha value is -3.02. The Morgan fingerprint density at radius 2 is 1.76 bits per heavy atom. The first-order valence-electron chi connectivity index (χ1n) is 6.41. The fourth-order valence-electron chi connectivity index (χ4n) is 2.56. The predicted octanol–water partition coefficient (Wildman–Crippen LogP) is 2.26. The molecule has 6 heteroatoms. The summed E-state index contributed by atoms with van der Waals surface area (Å²) in [5.41, 5.74) is 2.30. The van der Waals surface area contributed by atoms with Gasteiger partial charge in [-0.2, -0.15) is 0 Å². The molecular weight excluding hydrogens is 268 g/mol. The van der Waals surface area contributed by atoms with E-state index in [1.807, 2.05) is 30.3 Å². The molecule has 1 aliphatic heterocycles. The third-order valence-corrected chi connectivity index (χ3v) is 3.45. The van der Waals surface area contributed by atoms with E-state index in [1.165, 1.54) is 12.7 Å². The third kappa shape index (κ3) is 1.80. The molecule has 0 radical (unpaired) electrons. The topological polar surface area (TPSA) is 81.0 Å². The number of aromatic nitrogens is 4. The Labute approximate surface area is 120 Å². The van der Waals surface area contributed by atoms with E-state index in [4.69, 9.17) is 4.74 Å². The van der Waals surface area contributed by atoms with Gasteiger partial charge in [-0.25, -0.2) is 19.9 Å². The van der Waals surface area contributed by atoms with Crippen molar-refractivity contribution >= 4 is 0 Å². The van der Waals surface area contributed by atoms with Crippen LogP contribution in [0.2, 0.25) is 0 Å². The largest absolute Gasteiger partial charge is 0.493 e. The average molecular weight is 278 g/mol.